The summed E-state index contributed by atoms with van der Waals surface area (Å²) in [6, 6.07) is 0.689. The molecule has 104 valence electrons. The quantitative estimate of drug-likeness (QED) is 0.796. The van der Waals surface area contributed by atoms with Gasteiger partial charge in [-0.3, -0.25) is 0 Å². The van der Waals surface area contributed by atoms with Crippen LogP contribution in [0.1, 0.15) is 11.6 Å². The summed E-state index contributed by atoms with van der Waals surface area (Å²) in [7, 11) is 1.25. The van der Waals surface area contributed by atoms with Crippen LogP contribution in [0.4, 0.5) is 8.78 Å². The van der Waals surface area contributed by atoms with Crippen LogP contribution in [-0.4, -0.2) is 29.9 Å². The first-order chi connectivity index (χ1) is 7.85. The summed E-state index contributed by atoms with van der Waals surface area (Å²) in [5.74, 6) is -4.19. The van der Waals surface area contributed by atoms with E-state index in [9.17, 15) is 13.9 Å². The molecule has 0 spiro atoms. The summed E-state index contributed by atoms with van der Waals surface area (Å²) in [6.07, 6.45) is 0. The van der Waals surface area contributed by atoms with E-state index in [1.54, 1.807) is 0 Å². The maximum atomic E-state index is 13.3. The van der Waals surface area contributed by atoms with Crippen LogP contribution >= 0.6 is 24.0 Å². The molecule has 1 aromatic carbocycles. The molecule has 0 fully saturated rings. The lowest BCUT2D eigenvalue weighted by Gasteiger charge is -2.24. The molecule has 18 heavy (non-hydrogen) atoms. The third-order valence-corrected chi connectivity index (χ3v) is 2.63. The summed E-state index contributed by atoms with van der Waals surface area (Å²) >= 11 is 5.61. The van der Waals surface area contributed by atoms with Crippen molar-refractivity contribution in [3.8, 4) is 11.5 Å². The molecule has 4 N–H and O–H groups in total. The van der Waals surface area contributed by atoms with Gasteiger partial charge in [-0.25, -0.2) is 8.78 Å². The molecular formula is C10H13Cl2F2NO3. The fourth-order valence-corrected chi connectivity index (χ4v) is 1.52. The monoisotopic (exact) mass is 303 g/mol. The second-order valence-electron chi connectivity index (χ2n) is 3.41. The average molecular weight is 304 g/mol. The normalized spacial score (nSPS) is 12.8. The molecule has 0 heterocycles. The SMILES string of the molecule is COc1ccc(Cl)c(O)c1[C@@H](N)C(F)(F)CO.Cl. The molecule has 1 atom stereocenters. The van der Waals surface area contributed by atoms with Crippen molar-refractivity contribution in [3.63, 3.8) is 0 Å². The number of benzene rings is 1. The highest BCUT2D eigenvalue weighted by Gasteiger charge is 2.40. The third-order valence-electron chi connectivity index (χ3n) is 2.32. The second kappa shape index (κ2) is 6.38. The lowest BCUT2D eigenvalue weighted by atomic mass is 9.99. The molecule has 8 heteroatoms. The van der Waals surface area contributed by atoms with E-state index in [1.165, 1.54) is 19.2 Å². The van der Waals surface area contributed by atoms with E-state index in [2.05, 4.69) is 0 Å². The Bertz CT molecular complexity index is 418. The van der Waals surface area contributed by atoms with Gasteiger partial charge < -0.3 is 20.7 Å². The zero-order chi connectivity index (χ0) is 13.2. The Labute approximate surface area is 114 Å². The predicted octanol–water partition coefficient (Wildman–Crippen LogP) is 2.10. The first-order valence-electron chi connectivity index (χ1n) is 4.64. The number of methoxy groups -OCH3 is 1. The van der Waals surface area contributed by atoms with Gasteiger partial charge in [0.15, 0.2) is 0 Å². The Morgan fingerprint density at radius 1 is 1.50 bits per heavy atom. The maximum Gasteiger partial charge on any atom is 0.289 e. The van der Waals surface area contributed by atoms with Gasteiger partial charge in [-0.15, -0.1) is 12.4 Å². The number of alkyl halides is 2. The highest BCUT2D eigenvalue weighted by atomic mass is 35.5. The van der Waals surface area contributed by atoms with Crippen LogP contribution in [0.2, 0.25) is 5.02 Å². The summed E-state index contributed by atoms with van der Waals surface area (Å²) in [6.45, 7) is -1.44. The minimum atomic E-state index is -3.59. The number of rotatable bonds is 4. The predicted molar refractivity (Wildman–Crippen MR) is 65.9 cm³/mol. The number of aromatic hydroxyl groups is 1. The number of hydrogen-bond acceptors (Lipinski definition) is 4. The topological polar surface area (TPSA) is 75.7 Å². The molecule has 0 aliphatic heterocycles. The number of phenols is 1. The Kier molecular flexibility index (Phi) is 6.09. The van der Waals surface area contributed by atoms with Crippen molar-refractivity contribution in [2.45, 2.75) is 12.0 Å². The van der Waals surface area contributed by atoms with Gasteiger partial charge in [0.2, 0.25) is 0 Å². The number of ether oxygens (including phenoxy) is 1. The van der Waals surface area contributed by atoms with Crippen LogP contribution in [0.3, 0.4) is 0 Å². The molecule has 0 aromatic heterocycles. The summed E-state index contributed by atoms with van der Waals surface area (Å²) in [5.41, 5.74) is 4.99. The highest BCUT2D eigenvalue weighted by molar-refractivity contribution is 6.32. The van der Waals surface area contributed by atoms with Gasteiger partial charge in [0.1, 0.15) is 24.1 Å². The van der Waals surface area contributed by atoms with Crippen molar-refractivity contribution in [2.75, 3.05) is 13.7 Å². The first kappa shape index (κ1) is 17.2. The lowest BCUT2D eigenvalue weighted by Crippen LogP contribution is -2.36. The van der Waals surface area contributed by atoms with E-state index in [-0.39, 0.29) is 28.7 Å². The van der Waals surface area contributed by atoms with Gasteiger partial charge >= 0.3 is 0 Å². The van der Waals surface area contributed by atoms with Crippen LogP contribution in [0.15, 0.2) is 12.1 Å². The minimum absolute atomic E-state index is 0. The van der Waals surface area contributed by atoms with E-state index < -0.39 is 24.3 Å². The summed E-state index contributed by atoms with van der Waals surface area (Å²) < 4.78 is 31.4. The molecule has 0 radical (unpaired) electrons. The van der Waals surface area contributed by atoms with Gasteiger partial charge in [-0.05, 0) is 12.1 Å². The van der Waals surface area contributed by atoms with Crippen molar-refractivity contribution in [3.05, 3.63) is 22.7 Å². The summed E-state index contributed by atoms with van der Waals surface area (Å²) in [4.78, 5) is 0. The average Bonchev–Trinajstić information content (AvgIpc) is 2.31. The fraction of sp³-hybridized carbons (Fsp3) is 0.400. The Morgan fingerprint density at radius 3 is 2.50 bits per heavy atom. The molecule has 0 aliphatic carbocycles. The van der Waals surface area contributed by atoms with E-state index >= 15 is 0 Å². The van der Waals surface area contributed by atoms with E-state index in [0.29, 0.717) is 0 Å². The Balaban J connectivity index is 0.00000289. The van der Waals surface area contributed by atoms with Crippen molar-refractivity contribution in [2.24, 2.45) is 5.73 Å². The molecule has 0 amide bonds. The number of halogens is 4. The van der Waals surface area contributed by atoms with Crippen LogP contribution in [0.5, 0.6) is 11.5 Å². The standard InChI is InChI=1S/C10H12ClF2NO3.ClH/c1-17-6-3-2-5(11)8(16)7(6)9(14)10(12,13)4-15;/h2-3,9,15-16H,4,14H2,1H3;1H/t9-;/m1./s1. The summed E-state index contributed by atoms with van der Waals surface area (Å²) in [5, 5.41) is 18.1. The molecule has 1 rings (SSSR count). The van der Waals surface area contributed by atoms with Gasteiger partial charge in [0.25, 0.3) is 5.92 Å². The van der Waals surface area contributed by atoms with Crippen LogP contribution in [0.25, 0.3) is 0 Å². The third kappa shape index (κ3) is 3.14. The number of aliphatic hydroxyl groups excluding tert-OH is 1. The molecular weight excluding hydrogens is 291 g/mol. The van der Waals surface area contributed by atoms with E-state index in [1.807, 2.05) is 0 Å². The number of nitrogens with two attached hydrogens (primary N) is 1. The molecule has 0 saturated carbocycles. The van der Waals surface area contributed by atoms with E-state index in [0.717, 1.165) is 0 Å². The number of hydrogen-bond donors (Lipinski definition) is 3. The molecule has 0 bridgehead atoms. The molecule has 4 nitrogen and oxygen atoms in total. The van der Waals surface area contributed by atoms with Gasteiger partial charge in [-0.2, -0.15) is 0 Å². The van der Waals surface area contributed by atoms with Crippen molar-refractivity contribution < 1.29 is 23.7 Å². The Hall–Kier alpha value is -0.820. The Morgan fingerprint density at radius 2 is 2.06 bits per heavy atom. The maximum absolute atomic E-state index is 13.3. The molecule has 1 aromatic rings. The smallest absolute Gasteiger partial charge is 0.289 e. The zero-order valence-corrected chi connectivity index (χ0v) is 10.9. The molecule has 0 aliphatic rings. The zero-order valence-electron chi connectivity index (χ0n) is 9.36. The largest absolute Gasteiger partial charge is 0.506 e. The van der Waals surface area contributed by atoms with Crippen LogP contribution in [0, 0.1) is 0 Å². The van der Waals surface area contributed by atoms with Gasteiger partial charge in [0.05, 0.1) is 17.7 Å². The first-order valence-corrected chi connectivity index (χ1v) is 5.02. The molecule has 0 unspecified atom stereocenters. The second-order valence-corrected chi connectivity index (χ2v) is 3.82. The highest BCUT2D eigenvalue weighted by Crippen LogP contribution is 2.42. The van der Waals surface area contributed by atoms with Crippen LogP contribution < -0.4 is 10.5 Å². The van der Waals surface area contributed by atoms with Gasteiger partial charge in [0, 0.05) is 0 Å². The fourth-order valence-electron chi connectivity index (χ4n) is 1.35. The van der Waals surface area contributed by atoms with Crippen molar-refractivity contribution >= 4 is 24.0 Å². The van der Waals surface area contributed by atoms with Gasteiger partial charge in [-0.1, -0.05) is 11.6 Å². The van der Waals surface area contributed by atoms with Crippen LogP contribution in [-0.2, 0) is 0 Å². The van der Waals surface area contributed by atoms with E-state index in [4.69, 9.17) is 27.2 Å². The number of aliphatic hydroxyl groups is 1. The molecule has 0 saturated heterocycles. The lowest BCUT2D eigenvalue weighted by molar-refractivity contribution is -0.0719. The minimum Gasteiger partial charge on any atom is -0.506 e. The van der Waals surface area contributed by atoms with Crippen molar-refractivity contribution in [1.82, 2.24) is 0 Å². The number of phenolic OH excluding ortho intramolecular Hbond substituents is 1. The van der Waals surface area contributed by atoms with Crippen molar-refractivity contribution in [1.29, 1.82) is 0 Å².